The SMILES string of the molecule is COc1ccccc1C(=O)N1Cc2ccc(N3C(=O)c4ccccc4C3=O)cc2CC1=O. The molecule has 5 rings (SSSR count). The summed E-state index contributed by atoms with van der Waals surface area (Å²) in [5.41, 5.74) is 2.92. The first-order valence-electron chi connectivity index (χ1n) is 10.1. The number of rotatable bonds is 3. The van der Waals surface area contributed by atoms with E-state index in [4.69, 9.17) is 4.74 Å². The van der Waals surface area contributed by atoms with E-state index in [1.165, 1.54) is 12.0 Å². The van der Waals surface area contributed by atoms with Gasteiger partial charge in [0.15, 0.2) is 0 Å². The van der Waals surface area contributed by atoms with Crippen LogP contribution in [0, 0.1) is 0 Å². The molecule has 0 saturated carbocycles. The Morgan fingerprint density at radius 3 is 2.19 bits per heavy atom. The molecule has 4 amide bonds. The highest BCUT2D eigenvalue weighted by molar-refractivity contribution is 6.34. The largest absolute Gasteiger partial charge is 0.496 e. The van der Waals surface area contributed by atoms with E-state index in [0.29, 0.717) is 33.7 Å². The predicted molar refractivity (Wildman–Crippen MR) is 116 cm³/mol. The smallest absolute Gasteiger partial charge is 0.266 e. The van der Waals surface area contributed by atoms with Gasteiger partial charge in [-0.25, -0.2) is 4.90 Å². The Morgan fingerprint density at radius 1 is 0.844 bits per heavy atom. The van der Waals surface area contributed by atoms with Crippen LogP contribution in [0.25, 0.3) is 0 Å². The van der Waals surface area contributed by atoms with E-state index < -0.39 is 5.91 Å². The van der Waals surface area contributed by atoms with Crippen LogP contribution in [0.1, 0.15) is 42.2 Å². The van der Waals surface area contributed by atoms with E-state index in [-0.39, 0.29) is 30.7 Å². The molecule has 7 heteroatoms. The van der Waals surface area contributed by atoms with Crippen LogP contribution < -0.4 is 9.64 Å². The lowest BCUT2D eigenvalue weighted by atomic mass is 9.97. The van der Waals surface area contributed by atoms with E-state index in [2.05, 4.69) is 0 Å². The zero-order valence-electron chi connectivity index (χ0n) is 17.2. The van der Waals surface area contributed by atoms with Gasteiger partial charge in [-0.05, 0) is 47.5 Å². The van der Waals surface area contributed by atoms with Crippen molar-refractivity contribution in [3.05, 3.63) is 94.5 Å². The van der Waals surface area contributed by atoms with Crippen molar-refractivity contribution < 1.29 is 23.9 Å². The molecule has 0 radical (unpaired) electrons. The molecule has 3 aromatic carbocycles. The van der Waals surface area contributed by atoms with Gasteiger partial charge in [0, 0.05) is 0 Å². The third kappa shape index (κ3) is 2.98. The van der Waals surface area contributed by atoms with Crippen LogP contribution in [-0.4, -0.2) is 35.6 Å². The summed E-state index contributed by atoms with van der Waals surface area (Å²) >= 11 is 0. The number of anilines is 1. The first kappa shape index (κ1) is 19.7. The number of methoxy groups -OCH3 is 1. The molecular weight excluding hydrogens is 408 g/mol. The minimum Gasteiger partial charge on any atom is -0.496 e. The van der Waals surface area contributed by atoms with E-state index in [9.17, 15) is 19.2 Å². The molecule has 7 nitrogen and oxygen atoms in total. The van der Waals surface area contributed by atoms with Gasteiger partial charge in [-0.2, -0.15) is 0 Å². The molecule has 2 heterocycles. The molecule has 158 valence electrons. The van der Waals surface area contributed by atoms with Gasteiger partial charge < -0.3 is 4.74 Å². The summed E-state index contributed by atoms with van der Waals surface area (Å²) < 4.78 is 5.25. The first-order chi connectivity index (χ1) is 15.5. The fourth-order valence-electron chi connectivity index (χ4n) is 4.16. The highest BCUT2D eigenvalue weighted by Crippen LogP contribution is 2.32. The third-order valence-electron chi connectivity index (χ3n) is 5.80. The van der Waals surface area contributed by atoms with Gasteiger partial charge in [0.25, 0.3) is 17.7 Å². The third-order valence-corrected chi connectivity index (χ3v) is 5.80. The number of hydrogen-bond donors (Lipinski definition) is 0. The molecule has 0 fully saturated rings. The van der Waals surface area contributed by atoms with Gasteiger partial charge in [0.2, 0.25) is 5.91 Å². The number of amides is 4. The highest BCUT2D eigenvalue weighted by atomic mass is 16.5. The second-order valence-corrected chi connectivity index (χ2v) is 7.61. The van der Waals surface area contributed by atoms with Crippen molar-refractivity contribution in [2.45, 2.75) is 13.0 Å². The van der Waals surface area contributed by atoms with Crippen LogP contribution in [0.4, 0.5) is 5.69 Å². The summed E-state index contributed by atoms with van der Waals surface area (Å²) in [6.45, 7) is 0.105. The summed E-state index contributed by atoms with van der Waals surface area (Å²) in [6, 6.07) is 18.5. The maximum Gasteiger partial charge on any atom is 0.266 e. The quantitative estimate of drug-likeness (QED) is 0.601. The second-order valence-electron chi connectivity index (χ2n) is 7.61. The van der Waals surface area contributed by atoms with Gasteiger partial charge >= 0.3 is 0 Å². The van der Waals surface area contributed by atoms with Crippen LogP contribution in [0.5, 0.6) is 5.75 Å². The number of carbonyl (C=O) groups excluding carboxylic acids is 4. The lowest BCUT2D eigenvalue weighted by Gasteiger charge is -2.28. The minimum atomic E-state index is -0.428. The highest BCUT2D eigenvalue weighted by Gasteiger charge is 2.37. The van der Waals surface area contributed by atoms with Crippen LogP contribution in [0.15, 0.2) is 66.7 Å². The van der Waals surface area contributed by atoms with E-state index in [1.54, 1.807) is 66.7 Å². The zero-order chi connectivity index (χ0) is 22.4. The fraction of sp³-hybridized carbons (Fsp3) is 0.120. The van der Waals surface area contributed by atoms with Crippen molar-refractivity contribution >= 4 is 29.3 Å². The number of carbonyl (C=O) groups is 4. The zero-order valence-corrected chi connectivity index (χ0v) is 17.2. The average Bonchev–Trinajstić information content (AvgIpc) is 3.08. The van der Waals surface area contributed by atoms with Crippen LogP contribution >= 0.6 is 0 Å². The summed E-state index contributed by atoms with van der Waals surface area (Å²) in [7, 11) is 1.47. The molecule has 0 aliphatic carbocycles. The Labute approximate surface area is 183 Å². The molecule has 0 saturated heterocycles. The second kappa shape index (κ2) is 7.46. The van der Waals surface area contributed by atoms with Crippen LogP contribution in [0.3, 0.4) is 0 Å². The monoisotopic (exact) mass is 426 g/mol. The number of ether oxygens (including phenoxy) is 1. The first-order valence-corrected chi connectivity index (χ1v) is 10.1. The van der Waals surface area contributed by atoms with Crippen LogP contribution in [-0.2, 0) is 17.8 Å². The molecule has 0 unspecified atom stereocenters. The van der Waals surface area contributed by atoms with E-state index >= 15 is 0 Å². The molecule has 0 atom stereocenters. The summed E-state index contributed by atoms with van der Waals surface area (Å²) in [4.78, 5) is 53.7. The lowest BCUT2D eigenvalue weighted by molar-refractivity contribution is -0.129. The molecule has 0 bridgehead atoms. The van der Waals surface area contributed by atoms with Crippen molar-refractivity contribution in [1.82, 2.24) is 4.90 Å². The topological polar surface area (TPSA) is 84.0 Å². The molecule has 2 aliphatic rings. The lowest BCUT2D eigenvalue weighted by Crippen LogP contribution is -2.41. The van der Waals surface area contributed by atoms with Gasteiger partial charge in [-0.3, -0.25) is 24.1 Å². The maximum atomic E-state index is 13.0. The summed E-state index contributed by atoms with van der Waals surface area (Å²) in [5.74, 6) is -1.16. The van der Waals surface area contributed by atoms with Gasteiger partial charge in [-0.15, -0.1) is 0 Å². The molecular formula is C25H18N2O5. The van der Waals surface area contributed by atoms with Gasteiger partial charge in [0.05, 0.1) is 42.5 Å². The number of hydrogen-bond acceptors (Lipinski definition) is 5. The molecule has 3 aromatic rings. The van der Waals surface area contributed by atoms with Gasteiger partial charge in [0.1, 0.15) is 5.75 Å². The average molecular weight is 426 g/mol. The normalized spacial score (nSPS) is 15.0. The molecule has 0 N–H and O–H groups in total. The van der Waals surface area contributed by atoms with E-state index in [0.717, 1.165) is 10.5 Å². The Morgan fingerprint density at radius 2 is 1.50 bits per heavy atom. The molecule has 2 aliphatic heterocycles. The van der Waals surface area contributed by atoms with Crippen molar-refractivity contribution in [3.8, 4) is 5.75 Å². The van der Waals surface area contributed by atoms with Crippen molar-refractivity contribution in [1.29, 1.82) is 0 Å². The van der Waals surface area contributed by atoms with Crippen molar-refractivity contribution in [2.24, 2.45) is 0 Å². The number of fused-ring (bicyclic) bond motifs is 2. The molecule has 32 heavy (non-hydrogen) atoms. The Hall–Kier alpha value is -4.26. The number of benzene rings is 3. The Kier molecular flexibility index (Phi) is 4.59. The van der Waals surface area contributed by atoms with Crippen LogP contribution in [0.2, 0.25) is 0 Å². The number of imide groups is 2. The number of nitrogens with zero attached hydrogens (tertiary/aromatic N) is 2. The maximum absolute atomic E-state index is 13.0. The standard InChI is InChI=1S/C25H18N2O5/c1-32-21-9-5-4-8-20(21)23(29)26-14-15-10-11-17(12-16(15)13-22(26)28)27-24(30)18-6-2-3-7-19(18)25(27)31/h2-12H,13-14H2,1H3. The minimum absolute atomic E-state index is 0.00671. The molecule has 0 aromatic heterocycles. The summed E-state index contributed by atoms with van der Waals surface area (Å²) in [6.07, 6.45) is -0.00671. The van der Waals surface area contributed by atoms with E-state index in [1.807, 2.05) is 0 Å². The van der Waals surface area contributed by atoms with Gasteiger partial charge in [-0.1, -0.05) is 30.3 Å². The number of para-hydroxylation sites is 1. The Bertz CT molecular complexity index is 1280. The van der Waals surface area contributed by atoms with Crippen molar-refractivity contribution in [3.63, 3.8) is 0 Å². The molecule has 0 spiro atoms. The fourth-order valence-corrected chi connectivity index (χ4v) is 4.16. The van der Waals surface area contributed by atoms with Crippen molar-refractivity contribution in [2.75, 3.05) is 12.0 Å². The summed E-state index contributed by atoms with van der Waals surface area (Å²) in [5, 5.41) is 0. The Balaban J connectivity index is 1.44. The predicted octanol–water partition coefficient (Wildman–Crippen LogP) is 3.22.